The Morgan fingerprint density at radius 1 is 1.30 bits per heavy atom. The van der Waals surface area contributed by atoms with E-state index >= 15 is 0 Å². The van der Waals surface area contributed by atoms with Crippen LogP contribution in [0.3, 0.4) is 0 Å². The van der Waals surface area contributed by atoms with Crippen LogP contribution in [-0.2, 0) is 24.1 Å². The molecule has 9 heteroatoms. The van der Waals surface area contributed by atoms with Gasteiger partial charge in [-0.1, -0.05) is 37.7 Å². The molecule has 0 bridgehead atoms. The molecular weight excluding hydrogens is 454 g/mol. The number of thioether (sulfide) groups is 1. The van der Waals surface area contributed by atoms with Crippen molar-refractivity contribution in [2.45, 2.75) is 51.6 Å². The summed E-state index contributed by atoms with van der Waals surface area (Å²) in [6.45, 7) is 5.89. The van der Waals surface area contributed by atoms with Gasteiger partial charge in [0.15, 0.2) is 16.6 Å². The molecule has 1 amide bonds. The van der Waals surface area contributed by atoms with E-state index in [2.05, 4.69) is 29.4 Å². The summed E-state index contributed by atoms with van der Waals surface area (Å²) >= 11 is 3.14. The number of rotatable bonds is 6. The third-order valence-electron chi connectivity index (χ3n) is 6.04. The summed E-state index contributed by atoms with van der Waals surface area (Å²) in [5.41, 5.74) is 3.40. The maximum absolute atomic E-state index is 12.6. The van der Waals surface area contributed by atoms with Gasteiger partial charge in [0.2, 0.25) is 5.91 Å². The van der Waals surface area contributed by atoms with Crippen molar-refractivity contribution in [3.05, 3.63) is 46.1 Å². The number of nitrogens with zero attached hydrogens (tertiary/aromatic N) is 4. The molecule has 7 nitrogen and oxygen atoms in total. The molecule has 0 saturated heterocycles. The number of carbonyl (C=O) groups is 2. The Hall–Kier alpha value is -2.78. The number of thiophene rings is 1. The Morgan fingerprint density at radius 3 is 2.94 bits per heavy atom. The predicted octanol–water partition coefficient (Wildman–Crippen LogP) is 4.96. The molecule has 1 N–H and O–H groups in total. The van der Waals surface area contributed by atoms with Gasteiger partial charge in [0.05, 0.1) is 11.1 Å². The van der Waals surface area contributed by atoms with E-state index in [9.17, 15) is 9.59 Å². The fourth-order valence-corrected chi connectivity index (χ4v) is 6.50. The minimum absolute atomic E-state index is 0.0358. The molecule has 1 aliphatic carbocycles. The summed E-state index contributed by atoms with van der Waals surface area (Å²) in [6, 6.07) is 6.96. The van der Waals surface area contributed by atoms with Crippen molar-refractivity contribution in [3.63, 3.8) is 0 Å². The van der Waals surface area contributed by atoms with Crippen molar-refractivity contribution in [2.75, 3.05) is 11.1 Å². The van der Waals surface area contributed by atoms with E-state index in [1.54, 1.807) is 35.6 Å². The maximum Gasteiger partial charge on any atom is 0.234 e. The molecule has 170 valence electrons. The lowest BCUT2D eigenvalue weighted by Gasteiger charge is -2.17. The van der Waals surface area contributed by atoms with E-state index in [-0.39, 0.29) is 17.4 Å². The van der Waals surface area contributed by atoms with Gasteiger partial charge in [-0.15, -0.1) is 21.5 Å². The number of Topliss-reactive ketones (excluding diaryl/α,β-unsaturated/α-hetero) is 1. The second-order valence-electron chi connectivity index (χ2n) is 8.53. The molecule has 0 radical (unpaired) electrons. The van der Waals surface area contributed by atoms with Crippen molar-refractivity contribution in [3.8, 4) is 0 Å². The van der Waals surface area contributed by atoms with Crippen LogP contribution in [0.5, 0.6) is 0 Å². The van der Waals surface area contributed by atoms with Gasteiger partial charge in [-0.25, -0.2) is 4.98 Å². The van der Waals surface area contributed by atoms with Gasteiger partial charge in [0.1, 0.15) is 10.7 Å². The van der Waals surface area contributed by atoms with Crippen LogP contribution < -0.4 is 5.32 Å². The van der Waals surface area contributed by atoms with Gasteiger partial charge in [0.25, 0.3) is 0 Å². The number of amides is 1. The first kappa shape index (κ1) is 22.0. The molecule has 3 heterocycles. The van der Waals surface area contributed by atoms with Crippen LogP contribution in [0.25, 0.3) is 15.9 Å². The lowest BCUT2D eigenvalue weighted by Crippen LogP contribution is -2.15. The molecule has 3 aromatic heterocycles. The smallest absolute Gasteiger partial charge is 0.234 e. The van der Waals surface area contributed by atoms with Crippen molar-refractivity contribution in [1.82, 2.24) is 19.6 Å². The Labute approximate surface area is 200 Å². The van der Waals surface area contributed by atoms with Gasteiger partial charge < -0.3 is 5.32 Å². The number of ketones is 1. The third-order valence-corrected chi connectivity index (χ3v) is 8.12. The summed E-state index contributed by atoms with van der Waals surface area (Å²) in [6.07, 6.45) is 4.09. The van der Waals surface area contributed by atoms with Crippen molar-refractivity contribution >= 4 is 56.3 Å². The standard InChI is InChI=1S/C24H25N5O2S2/c1-4-19-26-23-21(17-9-8-13(2)10-18(17)33-23)22-27-28-24(29(19)22)32-12-20(31)25-16-7-5-6-15(11-16)14(3)30/h5-7,11,13H,4,8-10,12H2,1-3H3,(H,25,31)/t13-/m1/s1. The quantitative estimate of drug-likeness (QED) is 0.311. The number of nitrogens with one attached hydrogen (secondary N) is 1. The molecule has 0 unspecified atom stereocenters. The number of benzene rings is 1. The van der Waals surface area contributed by atoms with Crippen molar-refractivity contribution in [2.24, 2.45) is 5.92 Å². The highest BCUT2D eigenvalue weighted by Gasteiger charge is 2.25. The number of hydrogen-bond donors (Lipinski definition) is 1. The summed E-state index contributed by atoms with van der Waals surface area (Å²) in [5.74, 6) is 1.60. The first-order valence-corrected chi connectivity index (χ1v) is 13.0. The number of aromatic nitrogens is 4. The lowest BCUT2D eigenvalue weighted by atomic mass is 9.89. The maximum atomic E-state index is 12.6. The lowest BCUT2D eigenvalue weighted by molar-refractivity contribution is -0.113. The molecule has 0 fully saturated rings. The Balaban J connectivity index is 1.42. The number of anilines is 1. The molecule has 0 aliphatic heterocycles. The fraction of sp³-hybridized carbons (Fsp3) is 0.375. The highest BCUT2D eigenvalue weighted by molar-refractivity contribution is 7.99. The predicted molar refractivity (Wildman–Crippen MR) is 133 cm³/mol. The van der Waals surface area contributed by atoms with Crippen LogP contribution in [0.1, 0.15) is 53.8 Å². The minimum atomic E-state index is -0.161. The highest BCUT2D eigenvalue weighted by Crippen LogP contribution is 2.39. The number of hydrogen-bond acceptors (Lipinski definition) is 7. The first-order chi connectivity index (χ1) is 15.9. The molecule has 5 rings (SSSR count). The molecular formula is C24H25N5O2S2. The third kappa shape index (κ3) is 4.15. The zero-order valence-corrected chi connectivity index (χ0v) is 20.5. The second kappa shape index (κ2) is 8.87. The fourth-order valence-electron chi connectivity index (χ4n) is 4.35. The van der Waals surface area contributed by atoms with E-state index in [1.807, 2.05) is 4.40 Å². The highest BCUT2D eigenvalue weighted by atomic mass is 32.2. The van der Waals surface area contributed by atoms with Crippen molar-refractivity contribution in [1.29, 1.82) is 0 Å². The SMILES string of the molecule is CCc1nc2sc3c(c2c2nnc(SCC(=O)Nc4cccc(C(C)=O)c4)n12)CC[C@@H](C)C3. The normalized spacial score (nSPS) is 15.7. The summed E-state index contributed by atoms with van der Waals surface area (Å²) in [7, 11) is 0. The van der Waals surface area contributed by atoms with E-state index in [4.69, 9.17) is 4.98 Å². The van der Waals surface area contributed by atoms with Crippen LogP contribution in [-0.4, -0.2) is 37.0 Å². The van der Waals surface area contributed by atoms with Crippen LogP contribution in [0.15, 0.2) is 29.4 Å². The van der Waals surface area contributed by atoms with Gasteiger partial charge in [-0.2, -0.15) is 0 Å². The summed E-state index contributed by atoms with van der Waals surface area (Å²) in [4.78, 5) is 31.6. The molecule has 0 saturated carbocycles. The summed E-state index contributed by atoms with van der Waals surface area (Å²) in [5, 5.41) is 13.6. The molecule has 1 aromatic carbocycles. The van der Waals surface area contributed by atoms with E-state index < -0.39 is 0 Å². The number of carbonyl (C=O) groups excluding carboxylic acids is 2. The van der Waals surface area contributed by atoms with Crippen molar-refractivity contribution < 1.29 is 9.59 Å². The van der Waals surface area contributed by atoms with Crippen LogP contribution >= 0.6 is 23.1 Å². The average molecular weight is 480 g/mol. The van der Waals surface area contributed by atoms with Gasteiger partial charge in [-0.05, 0) is 49.8 Å². The molecule has 4 aromatic rings. The first-order valence-electron chi connectivity index (χ1n) is 11.2. The van der Waals surface area contributed by atoms with E-state index in [0.29, 0.717) is 22.3 Å². The minimum Gasteiger partial charge on any atom is -0.325 e. The summed E-state index contributed by atoms with van der Waals surface area (Å²) < 4.78 is 2.02. The molecule has 33 heavy (non-hydrogen) atoms. The zero-order chi connectivity index (χ0) is 23.1. The molecule has 1 atom stereocenters. The zero-order valence-electron chi connectivity index (χ0n) is 18.8. The van der Waals surface area contributed by atoms with Crippen LogP contribution in [0.4, 0.5) is 5.69 Å². The topological polar surface area (TPSA) is 89.2 Å². The van der Waals surface area contributed by atoms with Crippen LogP contribution in [0, 0.1) is 5.92 Å². The second-order valence-corrected chi connectivity index (χ2v) is 10.6. The van der Waals surface area contributed by atoms with Gasteiger partial charge >= 0.3 is 0 Å². The Kier molecular flexibility index (Phi) is 5.92. The largest absolute Gasteiger partial charge is 0.325 e. The van der Waals surface area contributed by atoms with Gasteiger partial charge in [0, 0.05) is 22.5 Å². The average Bonchev–Trinajstić information content (AvgIpc) is 3.37. The number of fused-ring (bicyclic) bond motifs is 5. The molecule has 1 aliphatic rings. The molecule has 0 spiro atoms. The Bertz CT molecular complexity index is 1390. The van der Waals surface area contributed by atoms with Gasteiger partial charge in [-0.3, -0.25) is 14.0 Å². The monoisotopic (exact) mass is 479 g/mol. The Morgan fingerprint density at radius 2 is 2.15 bits per heavy atom. The van der Waals surface area contributed by atoms with Crippen LogP contribution in [0.2, 0.25) is 0 Å². The van der Waals surface area contributed by atoms with E-state index in [0.717, 1.165) is 41.0 Å². The number of aryl methyl sites for hydroxylation is 2. The van der Waals surface area contributed by atoms with E-state index in [1.165, 1.54) is 35.5 Å².